The highest BCUT2D eigenvalue weighted by Gasteiger charge is 2.45. The Kier molecular flexibility index (Phi) is 9.13. The third-order valence-corrected chi connectivity index (χ3v) is 9.56. The largest absolute Gasteiger partial charge is 0.463 e. The molecule has 5 heterocycles. The zero-order valence-corrected chi connectivity index (χ0v) is 26.9. The Morgan fingerprint density at radius 3 is 2.73 bits per heavy atom. The molecule has 48 heavy (non-hydrogen) atoms. The number of fused-ring (bicyclic) bond motifs is 2. The molecule has 11 nitrogen and oxygen atoms in total. The normalized spacial score (nSPS) is 20.8. The molecule has 7 rings (SSSR count). The first-order valence-corrected chi connectivity index (χ1v) is 16.5. The van der Waals surface area contributed by atoms with Crippen molar-refractivity contribution in [3.63, 3.8) is 0 Å². The monoisotopic (exact) mass is 659 g/mol. The van der Waals surface area contributed by atoms with E-state index in [2.05, 4.69) is 32.7 Å². The van der Waals surface area contributed by atoms with Crippen molar-refractivity contribution in [3.8, 4) is 18.4 Å². The number of carbonyl (C=O) groups is 1. The highest BCUT2D eigenvalue weighted by atomic mass is 19.1. The Bertz CT molecular complexity index is 1760. The minimum atomic E-state index is -0.682. The molecule has 3 aromatic rings. The molecule has 3 aliphatic heterocycles. The van der Waals surface area contributed by atoms with E-state index >= 15 is 4.39 Å². The van der Waals surface area contributed by atoms with E-state index in [4.69, 9.17) is 25.6 Å². The molecule has 3 fully saturated rings. The summed E-state index contributed by atoms with van der Waals surface area (Å²) in [5.74, 6) is 1.33. The summed E-state index contributed by atoms with van der Waals surface area (Å²) in [7, 11) is 0. The third kappa shape index (κ3) is 6.52. The van der Waals surface area contributed by atoms with Crippen molar-refractivity contribution < 1.29 is 27.8 Å². The van der Waals surface area contributed by atoms with Crippen molar-refractivity contribution in [2.45, 2.75) is 31.7 Å². The van der Waals surface area contributed by atoms with Crippen LogP contribution in [0.4, 0.5) is 26.1 Å². The summed E-state index contributed by atoms with van der Waals surface area (Å²) >= 11 is 0. The van der Waals surface area contributed by atoms with Gasteiger partial charge in [-0.2, -0.15) is 9.97 Å². The van der Waals surface area contributed by atoms with Gasteiger partial charge < -0.3 is 29.3 Å². The van der Waals surface area contributed by atoms with Crippen LogP contribution in [0, 0.1) is 29.4 Å². The highest BCUT2D eigenvalue weighted by molar-refractivity contribution is 5.92. The molecular formula is C35H39F2N7O4. The average molecular weight is 660 g/mol. The molecule has 2 saturated heterocycles. The fraction of sp³-hybridized carbons (Fsp3) is 0.486. The summed E-state index contributed by atoms with van der Waals surface area (Å²) < 4.78 is 49.3. The van der Waals surface area contributed by atoms with E-state index in [-0.39, 0.29) is 40.3 Å². The van der Waals surface area contributed by atoms with Crippen molar-refractivity contribution in [2.24, 2.45) is 5.41 Å². The molecule has 1 aliphatic carbocycles. The molecule has 1 saturated carbocycles. The molecule has 0 spiro atoms. The van der Waals surface area contributed by atoms with Crippen LogP contribution in [0.2, 0.25) is 0 Å². The van der Waals surface area contributed by atoms with Crippen LogP contribution < -0.4 is 19.9 Å². The number of ether oxygens (including phenoxy) is 3. The second-order valence-corrected chi connectivity index (χ2v) is 12.9. The van der Waals surface area contributed by atoms with Crippen molar-refractivity contribution in [2.75, 3.05) is 82.1 Å². The van der Waals surface area contributed by atoms with E-state index < -0.39 is 11.6 Å². The maximum Gasteiger partial charge on any atom is 0.319 e. The number of amides is 1. The number of nitrogens with one attached hydrogen (secondary N) is 1. The van der Waals surface area contributed by atoms with Gasteiger partial charge in [0.2, 0.25) is 5.91 Å². The van der Waals surface area contributed by atoms with Gasteiger partial charge in [0.05, 0.1) is 55.7 Å². The van der Waals surface area contributed by atoms with Crippen molar-refractivity contribution in [3.05, 3.63) is 53.7 Å². The number of halogens is 2. The van der Waals surface area contributed by atoms with Crippen LogP contribution in [0.25, 0.3) is 10.9 Å². The first-order valence-electron chi connectivity index (χ1n) is 16.5. The lowest BCUT2D eigenvalue weighted by Crippen LogP contribution is -2.44. The summed E-state index contributed by atoms with van der Waals surface area (Å²) in [5, 5.41) is 3.27. The zero-order valence-electron chi connectivity index (χ0n) is 26.9. The van der Waals surface area contributed by atoms with Gasteiger partial charge in [-0.3, -0.25) is 9.69 Å². The molecule has 0 radical (unpaired) electrons. The van der Waals surface area contributed by atoms with Crippen LogP contribution in [-0.4, -0.2) is 104 Å². The minimum Gasteiger partial charge on any atom is -0.463 e. The Labute approximate surface area is 278 Å². The summed E-state index contributed by atoms with van der Waals surface area (Å²) in [6, 6.07) is 2.73. The number of hydrogen-bond donors (Lipinski definition) is 1. The van der Waals surface area contributed by atoms with Gasteiger partial charge in [-0.1, -0.05) is 18.6 Å². The number of terminal acetylenes is 1. The molecule has 0 bridgehead atoms. The Hall–Kier alpha value is -4.38. The smallest absolute Gasteiger partial charge is 0.319 e. The van der Waals surface area contributed by atoms with Crippen molar-refractivity contribution >= 4 is 34.1 Å². The van der Waals surface area contributed by atoms with Crippen LogP contribution in [0.15, 0.2) is 31.0 Å². The van der Waals surface area contributed by atoms with Crippen molar-refractivity contribution in [1.82, 2.24) is 25.2 Å². The third-order valence-electron chi connectivity index (χ3n) is 9.56. The highest BCUT2D eigenvalue weighted by Crippen LogP contribution is 2.47. The van der Waals surface area contributed by atoms with E-state index in [0.29, 0.717) is 82.4 Å². The number of pyridine rings is 1. The van der Waals surface area contributed by atoms with E-state index in [1.54, 1.807) is 17.2 Å². The van der Waals surface area contributed by atoms with Crippen LogP contribution in [-0.2, 0) is 20.7 Å². The van der Waals surface area contributed by atoms with Gasteiger partial charge in [-0.25, -0.2) is 13.8 Å². The second-order valence-electron chi connectivity index (χ2n) is 12.9. The molecule has 4 aliphatic rings. The van der Waals surface area contributed by atoms with Crippen LogP contribution >= 0.6 is 0 Å². The average Bonchev–Trinajstić information content (AvgIpc) is 3.91. The molecule has 1 atom stereocenters. The molecule has 2 aromatic heterocycles. The van der Waals surface area contributed by atoms with Crippen molar-refractivity contribution in [1.29, 1.82) is 0 Å². The van der Waals surface area contributed by atoms with E-state index in [9.17, 15) is 9.18 Å². The summed E-state index contributed by atoms with van der Waals surface area (Å²) in [4.78, 5) is 32.1. The Morgan fingerprint density at radius 1 is 1.15 bits per heavy atom. The molecule has 1 N–H and O–H groups in total. The fourth-order valence-electron chi connectivity index (χ4n) is 6.84. The van der Waals surface area contributed by atoms with Gasteiger partial charge in [0.1, 0.15) is 17.2 Å². The van der Waals surface area contributed by atoms with Gasteiger partial charge in [0.25, 0.3) is 0 Å². The first-order chi connectivity index (χ1) is 23.4. The van der Waals surface area contributed by atoms with Gasteiger partial charge >= 0.3 is 6.01 Å². The lowest BCUT2D eigenvalue weighted by atomic mass is 9.97. The van der Waals surface area contributed by atoms with Crippen LogP contribution in [0.5, 0.6) is 6.01 Å². The summed E-state index contributed by atoms with van der Waals surface area (Å²) in [5.41, 5.74) is 1.36. The number of morpholine rings is 1. The maximum absolute atomic E-state index is 16.9. The second kappa shape index (κ2) is 13.6. The zero-order chi connectivity index (χ0) is 33.3. The van der Waals surface area contributed by atoms with E-state index in [1.807, 2.05) is 4.90 Å². The minimum absolute atomic E-state index is 0.00227. The number of hydrogen-bond acceptors (Lipinski definition) is 10. The molecule has 1 amide bonds. The quantitative estimate of drug-likeness (QED) is 0.272. The SMILES string of the molecule is C#Cc1c(F)ccc2c1N(c1ncc3c(N4CCOC[C@H](NC(=O)C=C)C4)nc(OCC4(CN5CCOCC5)CC4)nc3c1F)CCC2. The van der Waals surface area contributed by atoms with Crippen LogP contribution in [0.3, 0.4) is 0 Å². The lowest BCUT2D eigenvalue weighted by Gasteiger charge is -2.32. The predicted octanol–water partition coefficient (Wildman–Crippen LogP) is 3.37. The number of aromatic nitrogens is 3. The number of rotatable bonds is 9. The van der Waals surface area contributed by atoms with Crippen LogP contribution in [0.1, 0.15) is 30.4 Å². The number of aryl methyl sites for hydroxylation is 1. The fourth-order valence-corrected chi connectivity index (χ4v) is 6.84. The van der Waals surface area contributed by atoms with E-state index in [1.165, 1.54) is 12.1 Å². The summed E-state index contributed by atoms with van der Waals surface area (Å²) in [6.07, 6.45) is 11.9. The van der Waals surface area contributed by atoms with E-state index in [0.717, 1.165) is 38.0 Å². The van der Waals surface area contributed by atoms with Gasteiger partial charge in [-0.15, -0.1) is 6.42 Å². The number of carbonyl (C=O) groups excluding carboxylic acids is 1. The Morgan fingerprint density at radius 2 is 1.96 bits per heavy atom. The first kappa shape index (κ1) is 32.2. The molecular weight excluding hydrogens is 620 g/mol. The van der Waals surface area contributed by atoms with Gasteiger partial charge in [0.15, 0.2) is 11.6 Å². The predicted molar refractivity (Wildman–Crippen MR) is 177 cm³/mol. The lowest BCUT2D eigenvalue weighted by molar-refractivity contribution is -0.117. The standard InChI is InChI=1S/C35H39F2N7O4/c1-3-25-27(36)8-7-23-6-5-11-44(31(23)25)33-29(37)30-26(18-38-33)32(43-14-17-47-20-24(19-43)39-28(45)4-2)41-34(40-30)48-22-35(9-10-35)21-42-12-15-46-16-13-42/h1,4,7-8,18,24H,2,5-6,9-17,19-22H2,(H,39,45)/t24-/m1/s1. The topological polar surface area (TPSA) is 105 Å². The van der Waals surface area contributed by atoms with Gasteiger partial charge in [-0.05, 0) is 43.4 Å². The number of benzene rings is 1. The number of nitrogens with zero attached hydrogens (tertiary/aromatic N) is 6. The number of anilines is 3. The molecule has 0 unspecified atom stereocenters. The molecule has 13 heteroatoms. The Balaban J connectivity index is 1.27. The molecule has 252 valence electrons. The maximum atomic E-state index is 16.9. The van der Waals surface area contributed by atoms with Gasteiger partial charge in [0, 0.05) is 50.9 Å². The summed E-state index contributed by atoms with van der Waals surface area (Å²) in [6.45, 7) is 9.86. The molecule has 1 aromatic carbocycles.